The van der Waals surface area contributed by atoms with E-state index in [2.05, 4.69) is 15.3 Å². The van der Waals surface area contributed by atoms with Crippen LogP contribution in [0.15, 0.2) is 12.4 Å². The molecule has 6 heteroatoms. The number of rotatable bonds is 4. The van der Waals surface area contributed by atoms with E-state index < -0.39 is 5.97 Å². The topological polar surface area (TPSA) is 98.9 Å². The van der Waals surface area contributed by atoms with Crippen LogP contribution in [0, 0.1) is 11.3 Å². The lowest BCUT2D eigenvalue weighted by Crippen LogP contribution is -2.10. The lowest BCUT2D eigenvalue weighted by atomic mass is 10.4. The highest BCUT2D eigenvalue weighted by molar-refractivity contribution is 5.67. The summed E-state index contributed by atoms with van der Waals surface area (Å²) in [6, 6.07) is 1.85. The van der Waals surface area contributed by atoms with Gasteiger partial charge in [0.2, 0.25) is 0 Å². The first-order valence-corrected chi connectivity index (χ1v) is 3.91. The van der Waals surface area contributed by atoms with Gasteiger partial charge < -0.3 is 10.4 Å². The van der Waals surface area contributed by atoms with Crippen LogP contribution >= 0.6 is 0 Å². The molecule has 14 heavy (non-hydrogen) atoms. The van der Waals surface area contributed by atoms with Gasteiger partial charge in [0.15, 0.2) is 11.5 Å². The number of carbonyl (C=O) groups is 1. The van der Waals surface area contributed by atoms with Crippen molar-refractivity contribution in [3.05, 3.63) is 18.1 Å². The molecule has 0 radical (unpaired) electrons. The van der Waals surface area contributed by atoms with Crippen molar-refractivity contribution in [1.29, 1.82) is 5.26 Å². The van der Waals surface area contributed by atoms with Gasteiger partial charge >= 0.3 is 5.97 Å². The first-order valence-electron chi connectivity index (χ1n) is 3.91. The molecule has 0 amide bonds. The Morgan fingerprint density at radius 2 is 2.29 bits per heavy atom. The summed E-state index contributed by atoms with van der Waals surface area (Å²) in [5.41, 5.74) is 0.165. The molecule has 0 aliphatic heterocycles. The molecule has 6 nitrogen and oxygen atoms in total. The second-order valence-electron chi connectivity index (χ2n) is 2.44. The normalized spacial score (nSPS) is 9.07. The monoisotopic (exact) mass is 192 g/mol. The van der Waals surface area contributed by atoms with E-state index in [1.807, 2.05) is 6.07 Å². The molecule has 1 aromatic heterocycles. The van der Waals surface area contributed by atoms with Crippen molar-refractivity contribution < 1.29 is 9.90 Å². The van der Waals surface area contributed by atoms with Gasteiger partial charge in [0.25, 0.3) is 0 Å². The number of aliphatic carboxylic acids is 1. The molecule has 2 N–H and O–H groups in total. The number of carboxylic acid groups (broad SMARTS) is 1. The van der Waals surface area contributed by atoms with E-state index in [-0.39, 0.29) is 18.7 Å². The van der Waals surface area contributed by atoms with E-state index in [9.17, 15) is 4.79 Å². The van der Waals surface area contributed by atoms with E-state index in [1.165, 1.54) is 12.4 Å². The zero-order valence-corrected chi connectivity index (χ0v) is 7.27. The predicted octanol–water partition coefficient (Wildman–Crippen LogP) is 0.235. The van der Waals surface area contributed by atoms with Gasteiger partial charge in [0.05, 0.1) is 6.42 Å². The van der Waals surface area contributed by atoms with Crippen molar-refractivity contribution in [2.75, 3.05) is 11.9 Å². The summed E-state index contributed by atoms with van der Waals surface area (Å²) >= 11 is 0. The van der Waals surface area contributed by atoms with Gasteiger partial charge in [0.1, 0.15) is 6.07 Å². The van der Waals surface area contributed by atoms with Crippen LogP contribution in [0.1, 0.15) is 12.1 Å². The van der Waals surface area contributed by atoms with Crippen LogP contribution in [-0.4, -0.2) is 27.6 Å². The second-order valence-corrected chi connectivity index (χ2v) is 2.44. The lowest BCUT2D eigenvalue weighted by molar-refractivity contribution is -0.136. The zero-order chi connectivity index (χ0) is 10.4. The van der Waals surface area contributed by atoms with Crippen molar-refractivity contribution in [1.82, 2.24) is 9.97 Å². The first kappa shape index (κ1) is 9.92. The fourth-order valence-electron chi connectivity index (χ4n) is 0.837. The zero-order valence-electron chi connectivity index (χ0n) is 7.27. The summed E-state index contributed by atoms with van der Waals surface area (Å²) in [5, 5.41) is 19.7. The minimum absolute atomic E-state index is 0.0263. The Labute approximate surface area is 80.2 Å². The summed E-state index contributed by atoms with van der Waals surface area (Å²) in [5.74, 6) is -0.587. The van der Waals surface area contributed by atoms with Crippen molar-refractivity contribution >= 4 is 11.8 Å². The van der Waals surface area contributed by atoms with E-state index in [4.69, 9.17) is 10.4 Å². The van der Waals surface area contributed by atoms with Crippen LogP contribution in [0.3, 0.4) is 0 Å². The van der Waals surface area contributed by atoms with Gasteiger partial charge in [-0.3, -0.25) is 4.79 Å². The summed E-state index contributed by atoms with van der Waals surface area (Å²) in [6.45, 7) is 0.225. The molecule has 0 atom stereocenters. The molecule has 0 spiro atoms. The van der Waals surface area contributed by atoms with Crippen molar-refractivity contribution in [2.24, 2.45) is 0 Å². The number of carboxylic acids is 1. The summed E-state index contributed by atoms with van der Waals surface area (Å²) < 4.78 is 0. The van der Waals surface area contributed by atoms with Crippen LogP contribution in [0.25, 0.3) is 0 Å². The number of hydrogen-bond acceptors (Lipinski definition) is 5. The molecular weight excluding hydrogens is 184 g/mol. The molecule has 0 fully saturated rings. The second kappa shape index (κ2) is 4.77. The molecule has 0 unspecified atom stereocenters. The van der Waals surface area contributed by atoms with Crippen molar-refractivity contribution in [2.45, 2.75) is 6.42 Å². The standard InChI is InChI=1S/C8H8N4O2/c9-5-6-8(12-4-3-10-6)11-2-1-7(13)14/h3-4H,1-2H2,(H,11,12)(H,13,14). The van der Waals surface area contributed by atoms with Crippen LogP contribution in [-0.2, 0) is 4.79 Å². The van der Waals surface area contributed by atoms with Gasteiger partial charge in [-0.05, 0) is 0 Å². The third kappa shape index (κ3) is 2.71. The molecule has 0 saturated heterocycles. The Hall–Kier alpha value is -2.16. The smallest absolute Gasteiger partial charge is 0.305 e. The number of aromatic nitrogens is 2. The third-order valence-corrected chi connectivity index (χ3v) is 1.44. The SMILES string of the molecule is N#Cc1nccnc1NCCC(=O)O. The quantitative estimate of drug-likeness (QED) is 0.708. The largest absolute Gasteiger partial charge is 0.481 e. The Bertz CT molecular complexity index is 372. The molecule has 1 heterocycles. The average molecular weight is 192 g/mol. The minimum Gasteiger partial charge on any atom is -0.481 e. The highest BCUT2D eigenvalue weighted by Gasteiger charge is 2.03. The molecule has 72 valence electrons. The third-order valence-electron chi connectivity index (χ3n) is 1.44. The van der Waals surface area contributed by atoms with Crippen LogP contribution in [0.4, 0.5) is 5.82 Å². The molecule has 0 bridgehead atoms. The van der Waals surface area contributed by atoms with Crippen LogP contribution < -0.4 is 5.32 Å². The van der Waals surface area contributed by atoms with E-state index in [1.54, 1.807) is 0 Å². The summed E-state index contributed by atoms with van der Waals surface area (Å²) in [4.78, 5) is 17.8. The van der Waals surface area contributed by atoms with E-state index in [0.717, 1.165) is 0 Å². The Morgan fingerprint density at radius 3 is 2.93 bits per heavy atom. The molecule has 0 aliphatic carbocycles. The molecule has 0 aliphatic rings. The van der Waals surface area contributed by atoms with Gasteiger partial charge in [-0.1, -0.05) is 0 Å². The lowest BCUT2D eigenvalue weighted by Gasteiger charge is -2.03. The number of anilines is 1. The molecule has 1 rings (SSSR count). The Morgan fingerprint density at radius 1 is 1.57 bits per heavy atom. The number of hydrogen-bond donors (Lipinski definition) is 2. The Balaban J connectivity index is 2.59. The fourth-order valence-corrected chi connectivity index (χ4v) is 0.837. The van der Waals surface area contributed by atoms with E-state index in [0.29, 0.717) is 5.82 Å². The molecule has 0 aromatic carbocycles. The molecular formula is C8H8N4O2. The molecule has 0 saturated carbocycles. The van der Waals surface area contributed by atoms with Crippen LogP contribution in [0.2, 0.25) is 0 Å². The van der Waals surface area contributed by atoms with Gasteiger partial charge in [-0.2, -0.15) is 5.26 Å². The minimum atomic E-state index is -0.903. The Kier molecular flexibility index (Phi) is 3.38. The summed E-state index contributed by atoms with van der Waals surface area (Å²) in [6.07, 6.45) is 2.81. The van der Waals surface area contributed by atoms with Gasteiger partial charge in [0, 0.05) is 18.9 Å². The van der Waals surface area contributed by atoms with Crippen LogP contribution in [0.5, 0.6) is 0 Å². The maximum Gasteiger partial charge on any atom is 0.305 e. The number of nitrogens with zero attached hydrogens (tertiary/aromatic N) is 3. The van der Waals surface area contributed by atoms with E-state index >= 15 is 0 Å². The van der Waals surface area contributed by atoms with Gasteiger partial charge in [-0.25, -0.2) is 9.97 Å². The predicted molar refractivity (Wildman–Crippen MR) is 47.5 cm³/mol. The maximum absolute atomic E-state index is 10.2. The maximum atomic E-state index is 10.2. The first-order chi connectivity index (χ1) is 6.74. The highest BCUT2D eigenvalue weighted by atomic mass is 16.4. The number of nitriles is 1. The average Bonchev–Trinajstić information content (AvgIpc) is 2.18. The van der Waals surface area contributed by atoms with Crippen molar-refractivity contribution in [3.8, 4) is 6.07 Å². The highest BCUT2D eigenvalue weighted by Crippen LogP contribution is 2.05. The van der Waals surface area contributed by atoms with Gasteiger partial charge in [-0.15, -0.1) is 0 Å². The molecule has 1 aromatic rings. The van der Waals surface area contributed by atoms with Crippen molar-refractivity contribution in [3.63, 3.8) is 0 Å². The fraction of sp³-hybridized carbons (Fsp3) is 0.250. The summed E-state index contributed by atoms with van der Waals surface area (Å²) in [7, 11) is 0. The number of nitrogens with one attached hydrogen (secondary N) is 1.